The average Bonchev–Trinajstić information content (AvgIpc) is 3.32. The number of hydrogen-bond donors (Lipinski definition) is 1. The lowest BCUT2D eigenvalue weighted by Gasteiger charge is -2.10. The van der Waals surface area contributed by atoms with E-state index in [1.54, 1.807) is 7.11 Å². The van der Waals surface area contributed by atoms with Gasteiger partial charge in [0.1, 0.15) is 0 Å². The van der Waals surface area contributed by atoms with Crippen molar-refractivity contribution in [1.82, 2.24) is 4.98 Å². The van der Waals surface area contributed by atoms with Crippen LogP contribution in [0.4, 0.5) is 5.13 Å². The summed E-state index contributed by atoms with van der Waals surface area (Å²) in [6.45, 7) is 2.51. The first-order chi connectivity index (χ1) is 16.2. The molecule has 0 unspecified atom stereocenters. The molecule has 0 aliphatic carbocycles. The molecule has 0 aliphatic rings. The number of nitrogens with zero attached hydrogens (tertiary/aromatic N) is 1. The fraction of sp³-hybridized carbons (Fsp3) is 0.185. The number of thiazole rings is 1. The van der Waals surface area contributed by atoms with Gasteiger partial charge in [-0.3, -0.25) is 4.79 Å². The number of ether oxygens (including phenoxy) is 2. The molecule has 3 aromatic carbocycles. The number of carbonyl (C=O) groups excluding carboxylic acids is 1. The fourth-order valence-corrected chi connectivity index (χ4v) is 4.25. The van der Waals surface area contributed by atoms with Crippen molar-refractivity contribution in [3.63, 3.8) is 0 Å². The van der Waals surface area contributed by atoms with Crippen LogP contribution in [0.1, 0.15) is 18.9 Å². The van der Waals surface area contributed by atoms with Crippen LogP contribution in [0.25, 0.3) is 22.4 Å². The predicted octanol–water partition coefficient (Wildman–Crippen LogP) is 6.46. The molecule has 6 heteroatoms. The van der Waals surface area contributed by atoms with Gasteiger partial charge in [-0.15, -0.1) is 11.3 Å². The van der Waals surface area contributed by atoms with Gasteiger partial charge in [0.25, 0.3) is 0 Å². The van der Waals surface area contributed by atoms with Gasteiger partial charge >= 0.3 is 0 Å². The number of methoxy groups -OCH3 is 1. The number of nitrogens with one attached hydrogen (secondary N) is 1. The van der Waals surface area contributed by atoms with Crippen molar-refractivity contribution >= 4 is 22.4 Å². The molecule has 1 N–H and O–H groups in total. The van der Waals surface area contributed by atoms with Crippen LogP contribution in [0.3, 0.4) is 0 Å². The second-order valence-electron chi connectivity index (χ2n) is 7.45. The molecule has 1 aromatic heterocycles. The molecule has 4 aromatic rings. The first kappa shape index (κ1) is 22.6. The molecule has 5 nitrogen and oxygen atoms in total. The highest BCUT2D eigenvalue weighted by Crippen LogP contribution is 2.29. The van der Waals surface area contributed by atoms with E-state index in [1.165, 1.54) is 16.9 Å². The van der Waals surface area contributed by atoms with Crippen molar-refractivity contribution < 1.29 is 14.3 Å². The zero-order valence-electron chi connectivity index (χ0n) is 18.7. The van der Waals surface area contributed by atoms with Crippen molar-refractivity contribution in [3.05, 3.63) is 83.7 Å². The van der Waals surface area contributed by atoms with Crippen molar-refractivity contribution in [2.75, 3.05) is 19.0 Å². The third kappa shape index (κ3) is 5.79. The van der Waals surface area contributed by atoms with E-state index in [0.29, 0.717) is 36.1 Å². The summed E-state index contributed by atoms with van der Waals surface area (Å²) < 4.78 is 10.9. The second-order valence-corrected chi connectivity index (χ2v) is 8.31. The molecule has 0 bridgehead atoms. The SMILES string of the molecule is CCOc1ccc(CCC(=O)Nc2nc(-c3ccc(-c4ccccc4)cc3)cs2)cc1OC. The minimum absolute atomic E-state index is 0.0665. The minimum Gasteiger partial charge on any atom is -0.493 e. The van der Waals surface area contributed by atoms with Crippen molar-refractivity contribution in [2.24, 2.45) is 0 Å². The van der Waals surface area contributed by atoms with Gasteiger partial charge in [0.2, 0.25) is 5.91 Å². The molecule has 0 saturated heterocycles. The number of carbonyl (C=O) groups is 1. The third-order valence-corrected chi connectivity index (χ3v) is 5.96. The first-order valence-electron chi connectivity index (χ1n) is 10.9. The number of rotatable bonds is 9. The Bertz CT molecular complexity index is 1200. The number of benzene rings is 3. The van der Waals surface area contributed by atoms with E-state index in [4.69, 9.17) is 9.47 Å². The molecule has 0 atom stereocenters. The molecule has 1 heterocycles. The number of hydrogen-bond acceptors (Lipinski definition) is 5. The Morgan fingerprint density at radius 3 is 2.39 bits per heavy atom. The first-order valence-corrected chi connectivity index (χ1v) is 11.7. The minimum atomic E-state index is -0.0665. The lowest BCUT2D eigenvalue weighted by Crippen LogP contribution is -2.12. The monoisotopic (exact) mass is 458 g/mol. The predicted molar refractivity (Wildman–Crippen MR) is 134 cm³/mol. The summed E-state index contributed by atoms with van der Waals surface area (Å²) in [5.41, 5.74) is 5.23. The highest BCUT2D eigenvalue weighted by molar-refractivity contribution is 7.14. The molecule has 168 valence electrons. The van der Waals surface area contributed by atoms with Crippen LogP contribution in [0.15, 0.2) is 78.2 Å². The molecule has 0 saturated carbocycles. The molecular weight excluding hydrogens is 432 g/mol. The molecule has 33 heavy (non-hydrogen) atoms. The molecule has 0 fully saturated rings. The summed E-state index contributed by atoms with van der Waals surface area (Å²) in [4.78, 5) is 17.0. The van der Waals surface area contributed by atoms with E-state index in [9.17, 15) is 4.79 Å². The lowest BCUT2D eigenvalue weighted by atomic mass is 10.0. The summed E-state index contributed by atoms with van der Waals surface area (Å²) in [5, 5.41) is 5.48. The largest absolute Gasteiger partial charge is 0.493 e. The van der Waals surface area contributed by atoms with Crippen molar-refractivity contribution in [2.45, 2.75) is 19.8 Å². The van der Waals surface area contributed by atoms with Crippen molar-refractivity contribution in [3.8, 4) is 33.9 Å². The quantitative estimate of drug-likeness (QED) is 0.313. The van der Waals surface area contributed by atoms with E-state index in [1.807, 2.05) is 48.7 Å². The number of amides is 1. The Balaban J connectivity index is 1.34. The van der Waals surface area contributed by atoms with E-state index in [0.717, 1.165) is 22.4 Å². The smallest absolute Gasteiger partial charge is 0.226 e. The topological polar surface area (TPSA) is 60.5 Å². The zero-order chi connectivity index (χ0) is 23.0. The highest BCUT2D eigenvalue weighted by Gasteiger charge is 2.10. The number of aromatic nitrogens is 1. The van der Waals surface area contributed by atoms with Gasteiger partial charge in [-0.25, -0.2) is 4.98 Å². The molecule has 0 spiro atoms. The molecule has 1 amide bonds. The van der Waals surface area contributed by atoms with Crippen LogP contribution in [0, 0.1) is 0 Å². The summed E-state index contributed by atoms with van der Waals surface area (Å²) in [5.74, 6) is 1.32. The van der Waals surface area contributed by atoms with E-state index in [2.05, 4.69) is 46.7 Å². The van der Waals surface area contributed by atoms with Crippen LogP contribution in [-0.4, -0.2) is 24.6 Å². The zero-order valence-corrected chi connectivity index (χ0v) is 19.5. The van der Waals surface area contributed by atoms with E-state index >= 15 is 0 Å². The molecule has 0 aliphatic heterocycles. The Kier molecular flexibility index (Phi) is 7.37. The number of aryl methyl sites for hydroxylation is 1. The molecule has 0 radical (unpaired) electrons. The average molecular weight is 459 g/mol. The van der Waals surface area contributed by atoms with Gasteiger partial charge in [0, 0.05) is 17.4 Å². The maximum Gasteiger partial charge on any atom is 0.226 e. The van der Waals surface area contributed by atoms with Crippen LogP contribution in [0.5, 0.6) is 11.5 Å². The summed E-state index contributed by atoms with van der Waals surface area (Å²) in [6.07, 6.45) is 0.964. The third-order valence-electron chi connectivity index (χ3n) is 5.21. The number of anilines is 1. The molecular formula is C27H26N2O3S. The Labute approximate surface area is 198 Å². The van der Waals surface area contributed by atoms with Gasteiger partial charge in [0.15, 0.2) is 16.6 Å². The Morgan fingerprint density at radius 1 is 0.939 bits per heavy atom. The van der Waals surface area contributed by atoms with Crippen LogP contribution < -0.4 is 14.8 Å². The normalized spacial score (nSPS) is 10.6. The summed E-state index contributed by atoms with van der Waals surface area (Å²) in [6, 6.07) is 24.3. The Hall–Kier alpha value is -3.64. The summed E-state index contributed by atoms with van der Waals surface area (Å²) in [7, 11) is 1.61. The summed E-state index contributed by atoms with van der Waals surface area (Å²) >= 11 is 1.43. The fourth-order valence-electron chi connectivity index (χ4n) is 3.51. The maximum atomic E-state index is 12.5. The van der Waals surface area contributed by atoms with Gasteiger partial charge in [0.05, 0.1) is 19.4 Å². The van der Waals surface area contributed by atoms with Crippen LogP contribution in [0.2, 0.25) is 0 Å². The van der Waals surface area contributed by atoms with Gasteiger partial charge in [-0.1, -0.05) is 60.7 Å². The lowest BCUT2D eigenvalue weighted by molar-refractivity contribution is -0.116. The van der Waals surface area contributed by atoms with Crippen molar-refractivity contribution in [1.29, 1.82) is 0 Å². The Morgan fingerprint density at radius 2 is 1.67 bits per heavy atom. The van der Waals surface area contributed by atoms with Gasteiger partial charge in [-0.2, -0.15) is 0 Å². The van der Waals surface area contributed by atoms with Crippen LogP contribution >= 0.6 is 11.3 Å². The van der Waals surface area contributed by atoms with E-state index in [-0.39, 0.29) is 5.91 Å². The molecule has 4 rings (SSSR count). The standard InChI is InChI=1S/C27H26N2O3S/c1-3-32-24-15-9-19(17-25(24)31-2)10-16-26(30)29-27-28-23(18-33-27)22-13-11-21(12-14-22)20-7-5-4-6-8-20/h4-9,11-15,17-18H,3,10,16H2,1-2H3,(H,28,29,30). The van der Waals surface area contributed by atoms with Crippen LogP contribution in [-0.2, 0) is 11.2 Å². The highest BCUT2D eigenvalue weighted by atomic mass is 32.1. The van der Waals surface area contributed by atoms with Gasteiger partial charge in [-0.05, 0) is 42.2 Å². The maximum absolute atomic E-state index is 12.5. The van der Waals surface area contributed by atoms with E-state index < -0.39 is 0 Å². The van der Waals surface area contributed by atoms with Gasteiger partial charge < -0.3 is 14.8 Å². The second kappa shape index (κ2) is 10.8.